The monoisotopic (exact) mass is 363 g/mol. The van der Waals surface area contributed by atoms with Crippen LogP contribution in [0.15, 0.2) is 0 Å². The zero-order valence-corrected chi connectivity index (χ0v) is 17.1. The maximum absolute atomic E-state index is 5.59. The molecule has 25 heavy (non-hydrogen) atoms. The van der Waals surface area contributed by atoms with Crippen LogP contribution in [-0.4, -0.2) is 90.4 Å². The van der Waals surface area contributed by atoms with Gasteiger partial charge in [0.15, 0.2) is 0 Å². The zero-order chi connectivity index (χ0) is 18.6. The highest BCUT2D eigenvalue weighted by Gasteiger charge is 2.08. The molecule has 0 aromatic rings. The van der Waals surface area contributed by atoms with Gasteiger partial charge in [-0.15, -0.1) is 0 Å². The molecule has 1 atom stereocenters. The summed E-state index contributed by atoms with van der Waals surface area (Å²) in [6, 6.07) is 0. The van der Waals surface area contributed by atoms with Gasteiger partial charge >= 0.3 is 0 Å². The Labute approximate surface area is 157 Å². The molecule has 0 amide bonds. The summed E-state index contributed by atoms with van der Waals surface area (Å²) in [6.45, 7) is 20.1. The van der Waals surface area contributed by atoms with Crippen LogP contribution >= 0.6 is 0 Å². The van der Waals surface area contributed by atoms with E-state index in [1.54, 1.807) is 0 Å². The molecule has 1 aliphatic heterocycles. The predicted molar refractivity (Wildman–Crippen MR) is 108 cm³/mol. The molecular weight excluding hydrogens is 318 g/mol. The fourth-order valence-electron chi connectivity index (χ4n) is 2.31. The third-order valence-electron chi connectivity index (χ3n) is 4.12. The summed E-state index contributed by atoms with van der Waals surface area (Å²) in [7, 11) is 0. The molecule has 6 heteroatoms. The predicted octanol–water partition coefficient (Wildman–Crippen LogP) is 1.85. The van der Waals surface area contributed by atoms with E-state index in [4.69, 9.17) is 14.2 Å². The van der Waals surface area contributed by atoms with Crippen molar-refractivity contribution in [2.75, 3.05) is 85.5 Å². The molecule has 0 bridgehead atoms. The van der Waals surface area contributed by atoms with Gasteiger partial charge in [0.05, 0.1) is 39.6 Å². The van der Waals surface area contributed by atoms with Crippen molar-refractivity contribution in [2.24, 2.45) is 5.92 Å². The minimum atomic E-state index is 0. The van der Waals surface area contributed by atoms with E-state index in [-0.39, 0.29) is 1.43 Å². The molecule has 1 saturated heterocycles. The molecule has 0 aromatic carbocycles. The van der Waals surface area contributed by atoms with Crippen molar-refractivity contribution in [3.8, 4) is 0 Å². The maximum atomic E-state index is 5.59. The van der Waals surface area contributed by atoms with E-state index >= 15 is 0 Å². The molecule has 0 aliphatic carbocycles. The number of hydrogen-bond acceptors (Lipinski definition) is 6. The fourth-order valence-corrected chi connectivity index (χ4v) is 2.31. The summed E-state index contributed by atoms with van der Waals surface area (Å²) in [4.78, 5) is 2.43. The van der Waals surface area contributed by atoms with E-state index in [1.807, 2.05) is 13.8 Å². The highest BCUT2D eigenvalue weighted by molar-refractivity contribution is 4.66. The van der Waals surface area contributed by atoms with Gasteiger partial charge in [-0.05, 0) is 12.5 Å². The van der Waals surface area contributed by atoms with Gasteiger partial charge in [-0.25, -0.2) is 0 Å². The van der Waals surface area contributed by atoms with Crippen molar-refractivity contribution in [1.29, 1.82) is 0 Å². The second kappa shape index (κ2) is 20.1. The van der Waals surface area contributed by atoms with Gasteiger partial charge in [-0.3, -0.25) is 4.90 Å². The van der Waals surface area contributed by atoms with E-state index in [1.165, 1.54) is 6.42 Å². The van der Waals surface area contributed by atoms with Crippen LogP contribution in [0, 0.1) is 5.92 Å². The second-order valence-corrected chi connectivity index (χ2v) is 6.15. The number of nitrogens with one attached hydrogen (secondary N) is 2. The van der Waals surface area contributed by atoms with Gasteiger partial charge in [0.1, 0.15) is 0 Å². The number of piperazine rings is 1. The van der Waals surface area contributed by atoms with Gasteiger partial charge in [0, 0.05) is 40.7 Å². The lowest BCUT2D eigenvalue weighted by molar-refractivity contribution is 0.0106. The van der Waals surface area contributed by atoms with Crippen molar-refractivity contribution >= 4 is 0 Å². The van der Waals surface area contributed by atoms with E-state index in [9.17, 15) is 0 Å². The Morgan fingerprint density at radius 2 is 1.52 bits per heavy atom. The first kappa shape index (κ1) is 24.8. The van der Waals surface area contributed by atoms with Crippen LogP contribution in [0.2, 0.25) is 0 Å². The van der Waals surface area contributed by atoms with Gasteiger partial charge in [-0.2, -0.15) is 0 Å². The summed E-state index contributed by atoms with van der Waals surface area (Å²) in [6.07, 6.45) is 1.22. The third kappa shape index (κ3) is 17.0. The van der Waals surface area contributed by atoms with Gasteiger partial charge in [-0.1, -0.05) is 34.1 Å². The van der Waals surface area contributed by atoms with Crippen LogP contribution in [-0.2, 0) is 14.2 Å². The van der Waals surface area contributed by atoms with Crippen molar-refractivity contribution in [1.82, 2.24) is 15.5 Å². The molecule has 2 N–H and O–H groups in total. The van der Waals surface area contributed by atoms with E-state index < -0.39 is 0 Å². The Morgan fingerprint density at radius 1 is 0.960 bits per heavy atom. The second-order valence-electron chi connectivity index (χ2n) is 6.15. The first-order valence-electron chi connectivity index (χ1n) is 10.2. The van der Waals surface area contributed by atoms with Crippen molar-refractivity contribution in [3.05, 3.63) is 0 Å². The van der Waals surface area contributed by atoms with Crippen LogP contribution in [0.4, 0.5) is 0 Å². The molecule has 0 spiro atoms. The topological polar surface area (TPSA) is 55.0 Å². The Morgan fingerprint density at radius 3 is 2.12 bits per heavy atom. The quantitative estimate of drug-likeness (QED) is 0.433. The molecule has 154 valence electrons. The summed E-state index contributed by atoms with van der Waals surface area (Å²) in [5, 5.41) is 6.74. The van der Waals surface area contributed by atoms with Crippen LogP contribution in [0.3, 0.4) is 0 Å². The molecule has 6 nitrogen and oxygen atoms in total. The van der Waals surface area contributed by atoms with Gasteiger partial charge < -0.3 is 24.8 Å². The van der Waals surface area contributed by atoms with E-state index in [0.29, 0.717) is 26.4 Å². The zero-order valence-electron chi connectivity index (χ0n) is 17.1. The molecule has 1 rings (SSSR count). The lowest BCUT2D eigenvalue weighted by Crippen LogP contribution is -2.44. The number of ether oxygens (including phenoxy) is 3. The average molecular weight is 364 g/mol. The van der Waals surface area contributed by atoms with Crippen LogP contribution < -0.4 is 10.6 Å². The van der Waals surface area contributed by atoms with Crippen LogP contribution in [0.5, 0.6) is 0 Å². The van der Waals surface area contributed by atoms with Crippen molar-refractivity contribution < 1.29 is 15.6 Å². The molecule has 0 saturated carbocycles. The first-order chi connectivity index (χ1) is 12.3. The fraction of sp³-hybridized carbons (Fsp3) is 1.00. The highest BCUT2D eigenvalue weighted by atomic mass is 16.5. The van der Waals surface area contributed by atoms with E-state index in [2.05, 4.69) is 29.4 Å². The first-order valence-corrected chi connectivity index (χ1v) is 10.2. The number of hydrogen-bond donors (Lipinski definition) is 2. The number of nitrogens with zero attached hydrogens (tertiary/aromatic N) is 1. The molecular formula is C19H45N3O3. The lowest BCUT2D eigenvalue weighted by Gasteiger charge is -2.26. The summed E-state index contributed by atoms with van der Waals surface area (Å²) in [5.41, 5.74) is 0. The van der Waals surface area contributed by atoms with Crippen molar-refractivity contribution in [2.45, 2.75) is 34.1 Å². The molecule has 1 aliphatic rings. The van der Waals surface area contributed by atoms with Gasteiger partial charge in [0.25, 0.3) is 0 Å². The molecule has 1 fully saturated rings. The lowest BCUT2D eigenvalue weighted by atomic mass is 10.1. The third-order valence-corrected chi connectivity index (χ3v) is 4.12. The minimum absolute atomic E-state index is 0. The standard InChI is InChI=1S/C17H37N3O3.C2H6.H2/c1-3-17(2)16-19-6-10-21-12-14-23-15-13-22-11-9-20-7-4-18-5-8-20;1-2;/h17-19H,3-16H2,1-2H3;1-2H3;1H. The summed E-state index contributed by atoms with van der Waals surface area (Å²) < 4.78 is 16.6. The maximum Gasteiger partial charge on any atom is 0.0701 e. The summed E-state index contributed by atoms with van der Waals surface area (Å²) >= 11 is 0. The molecule has 0 radical (unpaired) electrons. The van der Waals surface area contributed by atoms with Gasteiger partial charge in [0.2, 0.25) is 0 Å². The molecule has 1 heterocycles. The number of rotatable bonds is 15. The van der Waals surface area contributed by atoms with Crippen molar-refractivity contribution in [3.63, 3.8) is 0 Å². The smallest absolute Gasteiger partial charge is 0.0701 e. The SMILES string of the molecule is CC.CCC(C)CNCCOCCOCCOCCN1CCNCC1.[HH]. The Hall–Kier alpha value is -0.240. The minimum Gasteiger partial charge on any atom is -0.378 e. The van der Waals surface area contributed by atoms with Crippen LogP contribution in [0.1, 0.15) is 35.5 Å². The summed E-state index contributed by atoms with van der Waals surface area (Å²) in [5.74, 6) is 0.741. The normalized spacial score (nSPS) is 16.3. The highest BCUT2D eigenvalue weighted by Crippen LogP contribution is 1.96. The Balaban J connectivity index is 0. The van der Waals surface area contributed by atoms with E-state index in [0.717, 1.165) is 64.9 Å². The Kier molecular flexibility index (Phi) is 19.9. The van der Waals surface area contributed by atoms with Crippen LogP contribution in [0.25, 0.3) is 0 Å². The molecule has 1 unspecified atom stereocenters. The molecule has 0 aromatic heterocycles. The largest absolute Gasteiger partial charge is 0.378 e. The average Bonchev–Trinajstić information content (AvgIpc) is 2.67. The Bertz CT molecular complexity index is 258.